The lowest BCUT2D eigenvalue weighted by atomic mass is 9.74. The number of benzene rings is 2. The minimum atomic E-state index is -4.45. The number of alkyl halides is 3. The SMILES string of the molecule is CC1CC(C)(C)OB(c2ccc(C(F)(F)F)cc2OCc2ccccc2)O1. The molecule has 3 nitrogen and oxygen atoms in total. The van der Waals surface area contributed by atoms with E-state index in [4.69, 9.17) is 14.0 Å². The van der Waals surface area contributed by atoms with Crippen LogP contribution < -0.4 is 10.2 Å². The van der Waals surface area contributed by atoms with Gasteiger partial charge in [0.05, 0.1) is 11.2 Å². The van der Waals surface area contributed by atoms with Crippen LogP contribution in [0.1, 0.15) is 38.3 Å². The predicted octanol–water partition coefficient (Wildman–Crippen LogP) is 4.58. The van der Waals surface area contributed by atoms with Crippen LogP contribution in [0.25, 0.3) is 0 Å². The third-order valence-electron chi connectivity index (χ3n) is 4.39. The first-order chi connectivity index (χ1) is 12.6. The van der Waals surface area contributed by atoms with Crippen LogP contribution in [0.4, 0.5) is 13.2 Å². The number of hydrogen-bond donors (Lipinski definition) is 0. The van der Waals surface area contributed by atoms with Crippen LogP contribution in [0.5, 0.6) is 5.75 Å². The minimum absolute atomic E-state index is 0.0805. The van der Waals surface area contributed by atoms with Crippen LogP contribution in [-0.4, -0.2) is 18.8 Å². The fourth-order valence-corrected chi connectivity index (χ4v) is 3.22. The van der Waals surface area contributed by atoms with E-state index in [-0.39, 0.29) is 18.5 Å². The average molecular weight is 378 g/mol. The first-order valence-electron chi connectivity index (χ1n) is 8.85. The zero-order valence-corrected chi connectivity index (χ0v) is 15.5. The number of rotatable bonds is 4. The topological polar surface area (TPSA) is 27.7 Å². The Balaban J connectivity index is 1.92. The van der Waals surface area contributed by atoms with Crippen LogP contribution in [0.15, 0.2) is 48.5 Å². The number of ether oxygens (including phenoxy) is 1. The Kier molecular flexibility index (Phi) is 5.54. The van der Waals surface area contributed by atoms with Crippen LogP contribution in [0.2, 0.25) is 0 Å². The summed E-state index contributed by atoms with van der Waals surface area (Å²) >= 11 is 0. The van der Waals surface area contributed by atoms with E-state index in [9.17, 15) is 13.2 Å². The highest BCUT2D eigenvalue weighted by atomic mass is 19.4. The Morgan fingerprint density at radius 2 is 1.85 bits per heavy atom. The molecule has 2 aromatic carbocycles. The molecule has 0 bridgehead atoms. The highest BCUT2D eigenvalue weighted by Gasteiger charge is 2.41. The van der Waals surface area contributed by atoms with Crippen molar-refractivity contribution < 1.29 is 27.2 Å². The maximum absolute atomic E-state index is 13.2. The molecule has 27 heavy (non-hydrogen) atoms. The van der Waals surface area contributed by atoms with Crippen molar-refractivity contribution in [3.8, 4) is 5.75 Å². The van der Waals surface area contributed by atoms with E-state index in [1.54, 1.807) is 0 Å². The van der Waals surface area contributed by atoms with Gasteiger partial charge in [0.2, 0.25) is 0 Å². The summed E-state index contributed by atoms with van der Waals surface area (Å²) in [6.07, 6.45) is -3.84. The zero-order valence-electron chi connectivity index (χ0n) is 15.5. The van der Waals surface area contributed by atoms with Gasteiger partial charge >= 0.3 is 13.3 Å². The largest absolute Gasteiger partial charge is 0.498 e. The molecule has 0 saturated carbocycles. The summed E-state index contributed by atoms with van der Waals surface area (Å²) in [6.45, 7) is 5.95. The van der Waals surface area contributed by atoms with Crippen molar-refractivity contribution in [1.82, 2.24) is 0 Å². The van der Waals surface area contributed by atoms with Gasteiger partial charge in [-0.15, -0.1) is 0 Å². The van der Waals surface area contributed by atoms with Gasteiger partial charge in [-0.05, 0) is 38.8 Å². The second-order valence-electron chi connectivity index (χ2n) is 7.38. The molecule has 1 saturated heterocycles. The van der Waals surface area contributed by atoms with Gasteiger partial charge in [-0.25, -0.2) is 0 Å². The van der Waals surface area contributed by atoms with Gasteiger partial charge in [0.1, 0.15) is 12.4 Å². The highest BCUT2D eigenvalue weighted by molar-refractivity contribution is 6.62. The summed E-state index contributed by atoms with van der Waals surface area (Å²) in [6, 6.07) is 12.7. The number of halogens is 3. The zero-order chi connectivity index (χ0) is 19.7. The molecular weight excluding hydrogens is 356 g/mol. The van der Waals surface area contributed by atoms with E-state index in [1.807, 2.05) is 51.1 Å². The first kappa shape index (κ1) is 19.8. The Labute approximate surface area is 157 Å². The van der Waals surface area contributed by atoms with Gasteiger partial charge in [0.25, 0.3) is 0 Å². The van der Waals surface area contributed by atoms with Gasteiger partial charge in [0.15, 0.2) is 0 Å². The van der Waals surface area contributed by atoms with Gasteiger partial charge in [-0.1, -0.05) is 42.5 Å². The molecule has 0 spiro atoms. The van der Waals surface area contributed by atoms with E-state index < -0.39 is 24.5 Å². The fraction of sp³-hybridized carbons (Fsp3) is 0.400. The van der Waals surface area contributed by atoms with Gasteiger partial charge in [-0.3, -0.25) is 0 Å². The second kappa shape index (κ2) is 7.56. The molecule has 3 rings (SSSR count). The van der Waals surface area contributed by atoms with E-state index in [0.29, 0.717) is 11.9 Å². The molecule has 1 heterocycles. The molecule has 144 valence electrons. The van der Waals surface area contributed by atoms with Crippen molar-refractivity contribution in [1.29, 1.82) is 0 Å². The van der Waals surface area contributed by atoms with Gasteiger partial charge < -0.3 is 14.0 Å². The lowest BCUT2D eigenvalue weighted by molar-refractivity contribution is -0.137. The minimum Gasteiger partial charge on any atom is -0.489 e. The molecule has 0 radical (unpaired) electrons. The maximum atomic E-state index is 13.2. The Morgan fingerprint density at radius 3 is 2.48 bits per heavy atom. The monoisotopic (exact) mass is 378 g/mol. The van der Waals surface area contributed by atoms with E-state index in [0.717, 1.165) is 17.7 Å². The Hall–Kier alpha value is -1.99. The molecular formula is C20H22BF3O3. The van der Waals surface area contributed by atoms with E-state index >= 15 is 0 Å². The molecule has 0 aliphatic carbocycles. The van der Waals surface area contributed by atoms with Crippen molar-refractivity contribution in [3.05, 3.63) is 59.7 Å². The standard InChI is InChI=1S/C20H22BF3O3/c1-14-12-19(2,3)27-21(26-14)17-10-9-16(20(22,23)24)11-18(17)25-13-15-7-5-4-6-8-15/h4-11,14H,12-13H2,1-3H3. The molecule has 1 fully saturated rings. The van der Waals surface area contributed by atoms with Gasteiger partial charge in [0, 0.05) is 11.6 Å². The molecule has 1 aliphatic rings. The molecule has 0 aromatic heterocycles. The maximum Gasteiger partial charge on any atom is 0.498 e. The lowest BCUT2D eigenvalue weighted by Gasteiger charge is -2.38. The molecule has 7 heteroatoms. The van der Waals surface area contributed by atoms with Crippen molar-refractivity contribution in [2.45, 2.75) is 51.7 Å². The van der Waals surface area contributed by atoms with Gasteiger partial charge in [-0.2, -0.15) is 13.2 Å². The fourth-order valence-electron chi connectivity index (χ4n) is 3.22. The van der Waals surface area contributed by atoms with Crippen molar-refractivity contribution in [2.75, 3.05) is 0 Å². The van der Waals surface area contributed by atoms with Crippen LogP contribution >= 0.6 is 0 Å². The normalized spacial score (nSPS) is 19.8. The summed E-state index contributed by atoms with van der Waals surface area (Å²) in [5.74, 6) is 0.114. The van der Waals surface area contributed by atoms with Crippen LogP contribution in [0.3, 0.4) is 0 Å². The molecule has 1 unspecified atom stereocenters. The van der Waals surface area contributed by atoms with Crippen molar-refractivity contribution >= 4 is 12.6 Å². The predicted molar refractivity (Wildman–Crippen MR) is 97.9 cm³/mol. The van der Waals surface area contributed by atoms with E-state index in [1.165, 1.54) is 6.07 Å². The summed E-state index contributed by atoms with van der Waals surface area (Å²) in [5.41, 5.74) is 0.109. The van der Waals surface area contributed by atoms with E-state index in [2.05, 4.69) is 0 Å². The van der Waals surface area contributed by atoms with Crippen molar-refractivity contribution in [3.63, 3.8) is 0 Å². The van der Waals surface area contributed by atoms with Crippen LogP contribution in [0, 0.1) is 0 Å². The van der Waals surface area contributed by atoms with Crippen molar-refractivity contribution in [2.24, 2.45) is 0 Å². The summed E-state index contributed by atoms with van der Waals surface area (Å²) in [4.78, 5) is 0. The molecule has 1 aliphatic heterocycles. The summed E-state index contributed by atoms with van der Waals surface area (Å²) in [7, 11) is -0.781. The van der Waals surface area contributed by atoms with Crippen LogP contribution in [-0.2, 0) is 22.1 Å². The Morgan fingerprint density at radius 1 is 1.15 bits per heavy atom. The first-order valence-corrected chi connectivity index (χ1v) is 8.85. The average Bonchev–Trinajstić information content (AvgIpc) is 2.58. The smallest absolute Gasteiger partial charge is 0.489 e. The summed E-state index contributed by atoms with van der Waals surface area (Å²) < 4.78 is 57.1. The number of hydrogen-bond acceptors (Lipinski definition) is 3. The highest BCUT2D eigenvalue weighted by Crippen LogP contribution is 2.32. The third-order valence-corrected chi connectivity index (χ3v) is 4.39. The molecule has 1 atom stereocenters. The second-order valence-corrected chi connectivity index (χ2v) is 7.38. The lowest BCUT2D eigenvalue weighted by Crippen LogP contribution is -2.52. The third kappa shape index (κ3) is 5.05. The Bertz CT molecular complexity index is 778. The quantitative estimate of drug-likeness (QED) is 0.729. The molecule has 0 amide bonds. The molecule has 0 N–H and O–H groups in total. The summed E-state index contributed by atoms with van der Waals surface area (Å²) in [5, 5.41) is 0. The molecule has 2 aromatic rings.